The molecule has 3 aromatic rings. The van der Waals surface area contributed by atoms with Crippen LogP contribution in [0.2, 0.25) is 0 Å². The van der Waals surface area contributed by atoms with Gasteiger partial charge in [-0.2, -0.15) is 0 Å². The molecule has 6 nitrogen and oxygen atoms in total. The summed E-state index contributed by atoms with van der Waals surface area (Å²) in [5, 5.41) is 13.6. The van der Waals surface area contributed by atoms with Crippen molar-refractivity contribution in [2.45, 2.75) is 25.4 Å². The van der Waals surface area contributed by atoms with Crippen molar-refractivity contribution in [2.24, 2.45) is 0 Å². The summed E-state index contributed by atoms with van der Waals surface area (Å²) in [5.41, 5.74) is 3.33. The zero-order chi connectivity index (χ0) is 19.1. The van der Waals surface area contributed by atoms with Gasteiger partial charge in [-0.15, -0.1) is 0 Å². The molecular weight excluding hydrogens is 374 g/mol. The van der Waals surface area contributed by atoms with Gasteiger partial charge in [0.25, 0.3) is 5.91 Å². The highest BCUT2D eigenvalue weighted by molar-refractivity contribution is 7.22. The highest BCUT2D eigenvalue weighted by atomic mass is 32.1. The number of thiazole rings is 1. The maximum absolute atomic E-state index is 12.6. The van der Waals surface area contributed by atoms with E-state index < -0.39 is 0 Å². The summed E-state index contributed by atoms with van der Waals surface area (Å²) in [6.07, 6.45) is 2.21. The molecule has 0 saturated carbocycles. The summed E-state index contributed by atoms with van der Waals surface area (Å²) < 4.78 is 6.59. The minimum Gasteiger partial charge on any atom is -0.493 e. The van der Waals surface area contributed by atoms with E-state index in [-0.39, 0.29) is 12.0 Å². The molecule has 1 fully saturated rings. The molecule has 2 aromatic carbocycles. The number of anilines is 2. The van der Waals surface area contributed by atoms with E-state index in [2.05, 4.69) is 10.2 Å². The molecule has 1 aromatic heterocycles. The lowest BCUT2D eigenvalue weighted by Crippen LogP contribution is -2.35. The average Bonchev–Trinajstić information content (AvgIpc) is 3.34. The highest BCUT2D eigenvalue weighted by Gasteiger charge is 2.20. The number of ether oxygens (including phenoxy) is 1. The largest absolute Gasteiger partial charge is 0.493 e. The van der Waals surface area contributed by atoms with Gasteiger partial charge in [-0.25, -0.2) is 4.98 Å². The van der Waals surface area contributed by atoms with Crippen molar-refractivity contribution in [1.82, 2.24) is 4.98 Å². The summed E-state index contributed by atoms with van der Waals surface area (Å²) in [5.74, 6) is 0.743. The first-order valence-electron chi connectivity index (χ1n) is 9.56. The van der Waals surface area contributed by atoms with Crippen molar-refractivity contribution in [3.05, 3.63) is 47.5 Å². The van der Waals surface area contributed by atoms with Crippen LogP contribution in [0.1, 0.15) is 28.8 Å². The van der Waals surface area contributed by atoms with Crippen LogP contribution in [-0.4, -0.2) is 41.8 Å². The predicted molar refractivity (Wildman–Crippen MR) is 111 cm³/mol. The lowest BCUT2D eigenvalue weighted by atomic mass is 10.1. The third kappa shape index (κ3) is 3.31. The molecule has 7 heteroatoms. The fourth-order valence-electron chi connectivity index (χ4n) is 3.72. The van der Waals surface area contributed by atoms with Crippen molar-refractivity contribution in [1.29, 1.82) is 0 Å². The van der Waals surface area contributed by atoms with Gasteiger partial charge in [-0.1, -0.05) is 11.3 Å². The number of benzene rings is 2. The summed E-state index contributed by atoms with van der Waals surface area (Å²) >= 11 is 1.65. The molecule has 1 amide bonds. The van der Waals surface area contributed by atoms with Gasteiger partial charge < -0.3 is 20.1 Å². The van der Waals surface area contributed by atoms with E-state index in [0.717, 1.165) is 64.7 Å². The van der Waals surface area contributed by atoms with Crippen molar-refractivity contribution >= 4 is 38.3 Å². The Kier molecular flexibility index (Phi) is 4.41. The van der Waals surface area contributed by atoms with Crippen LogP contribution in [0.3, 0.4) is 0 Å². The van der Waals surface area contributed by atoms with E-state index in [1.165, 1.54) is 0 Å². The second-order valence-electron chi connectivity index (χ2n) is 7.27. The molecule has 0 unspecified atom stereocenters. The number of rotatable bonds is 3. The molecule has 0 radical (unpaired) electrons. The maximum Gasteiger partial charge on any atom is 0.255 e. The number of carbonyl (C=O) groups is 1. The first-order valence-corrected chi connectivity index (χ1v) is 10.4. The van der Waals surface area contributed by atoms with Crippen LogP contribution in [0.5, 0.6) is 5.75 Å². The number of carbonyl (C=O) groups excluding carboxylic acids is 1. The molecule has 3 heterocycles. The number of hydrogen-bond donors (Lipinski definition) is 2. The Labute approximate surface area is 166 Å². The van der Waals surface area contributed by atoms with Crippen molar-refractivity contribution in [2.75, 3.05) is 29.9 Å². The number of hydrogen-bond acceptors (Lipinski definition) is 6. The van der Waals surface area contributed by atoms with Gasteiger partial charge in [0.1, 0.15) is 5.75 Å². The second kappa shape index (κ2) is 7.07. The van der Waals surface area contributed by atoms with E-state index in [4.69, 9.17) is 9.72 Å². The normalized spacial score (nSPS) is 16.8. The van der Waals surface area contributed by atoms with Crippen LogP contribution < -0.4 is 15.0 Å². The molecular formula is C21H21N3O3S. The summed E-state index contributed by atoms with van der Waals surface area (Å²) in [6.45, 7) is 2.33. The molecule has 0 atom stereocenters. The molecule has 0 spiro atoms. The molecule has 0 aliphatic carbocycles. The Hall–Kier alpha value is -2.64. The number of nitrogens with zero attached hydrogens (tertiary/aromatic N) is 2. The smallest absolute Gasteiger partial charge is 0.255 e. The fourth-order valence-corrected chi connectivity index (χ4v) is 4.71. The van der Waals surface area contributed by atoms with Crippen molar-refractivity contribution in [3.8, 4) is 5.75 Å². The monoisotopic (exact) mass is 395 g/mol. The molecule has 2 aliphatic heterocycles. The van der Waals surface area contributed by atoms with Crippen molar-refractivity contribution in [3.63, 3.8) is 0 Å². The third-order valence-corrected chi connectivity index (χ3v) is 6.42. The van der Waals surface area contributed by atoms with E-state index in [1.807, 2.05) is 30.3 Å². The molecule has 144 valence electrons. The molecule has 0 bridgehead atoms. The predicted octanol–water partition coefficient (Wildman–Crippen LogP) is 3.44. The summed E-state index contributed by atoms with van der Waals surface area (Å²) in [7, 11) is 0. The molecule has 5 rings (SSSR count). The Balaban J connectivity index is 1.34. The first kappa shape index (κ1) is 17.5. The summed E-state index contributed by atoms with van der Waals surface area (Å²) in [6, 6.07) is 11.4. The van der Waals surface area contributed by atoms with Gasteiger partial charge in [0.2, 0.25) is 0 Å². The van der Waals surface area contributed by atoms with Crippen LogP contribution >= 0.6 is 11.3 Å². The van der Waals surface area contributed by atoms with E-state index >= 15 is 0 Å². The fraction of sp³-hybridized carbons (Fsp3) is 0.333. The zero-order valence-corrected chi connectivity index (χ0v) is 16.2. The number of fused-ring (bicyclic) bond motifs is 2. The Morgan fingerprint density at radius 2 is 2.07 bits per heavy atom. The standard InChI is InChI=1S/C21H21N3O3S/c25-16-5-8-24(9-6-16)21-23-17-12-15(2-4-19(17)28-21)22-20(26)14-1-3-18-13(11-14)7-10-27-18/h1-4,11-12,16,25H,5-10H2,(H,22,26). The van der Waals surface area contributed by atoms with Crippen LogP contribution in [0, 0.1) is 0 Å². The van der Waals surface area contributed by atoms with Crippen LogP contribution in [0.25, 0.3) is 10.2 Å². The van der Waals surface area contributed by atoms with Gasteiger partial charge in [-0.05, 0) is 54.8 Å². The number of aliphatic hydroxyl groups excluding tert-OH is 1. The third-order valence-electron chi connectivity index (χ3n) is 5.32. The van der Waals surface area contributed by atoms with Crippen LogP contribution in [-0.2, 0) is 6.42 Å². The minimum atomic E-state index is -0.196. The Morgan fingerprint density at radius 3 is 2.93 bits per heavy atom. The SMILES string of the molecule is O=C(Nc1ccc2sc(N3CCC(O)CC3)nc2c1)c1ccc2c(c1)CCO2. The minimum absolute atomic E-state index is 0.130. The Bertz CT molecular complexity index is 1040. The average molecular weight is 395 g/mol. The number of aliphatic hydroxyl groups is 1. The highest BCUT2D eigenvalue weighted by Crippen LogP contribution is 2.32. The van der Waals surface area contributed by atoms with E-state index in [0.29, 0.717) is 12.2 Å². The molecule has 2 N–H and O–H groups in total. The van der Waals surface area contributed by atoms with Crippen LogP contribution in [0.4, 0.5) is 10.8 Å². The maximum atomic E-state index is 12.6. The van der Waals surface area contributed by atoms with Crippen molar-refractivity contribution < 1.29 is 14.6 Å². The number of amides is 1. The Morgan fingerprint density at radius 1 is 1.21 bits per heavy atom. The van der Waals surface area contributed by atoms with Gasteiger partial charge in [0.05, 0.1) is 22.9 Å². The van der Waals surface area contributed by atoms with Gasteiger partial charge in [0.15, 0.2) is 5.13 Å². The van der Waals surface area contributed by atoms with Gasteiger partial charge in [0, 0.05) is 30.8 Å². The van der Waals surface area contributed by atoms with Crippen LogP contribution in [0.15, 0.2) is 36.4 Å². The molecule has 2 aliphatic rings. The molecule has 28 heavy (non-hydrogen) atoms. The van der Waals surface area contributed by atoms with Gasteiger partial charge >= 0.3 is 0 Å². The zero-order valence-electron chi connectivity index (χ0n) is 15.4. The van der Waals surface area contributed by atoms with Gasteiger partial charge in [-0.3, -0.25) is 4.79 Å². The molecule has 1 saturated heterocycles. The quantitative estimate of drug-likeness (QED) is 0.711. The summed E-state index contributed by atoms with van der Waals surface area (Å²) in [4.78, 5) is 19.6. The second-order valence-corrected chi connectivity index (χ2v) is 8.28. The number of nitrogens with one attached hydrogen (secondary N) is 1. The lowest BCUT2D eigenvalue weighted by molar-refractivity contribution is 0.102. The topological polar surface area (TPSA) is 74.7 Å². The lowest BCUT2D eigenvalue weighted by Gasteiger charge is -2.28. The number of piperidine rings is 1. The van der Waals surface area contributed by atoms with E-state index in [1.54, 1.807) is 17.4 Å². The number of aromatic nitrogens is 1. The van der Waals surface area contributed by atoms with E-state index in [9.17, 15) is 9.90 Å². The first-order chi connectivity index (χ1) is 13.7.